The van der Waals surface area contributed by atoms with Crippen molar-refractivity contribution < 1.29 is 9.53 Å². The van der Waals surface area contributed by atoms with E-state index in [0.29, 0.717) is 11.1 Å². The number of benzene rings is 1. The number of ether oxygens (including phenoxy) is 1. The van der Waals surface area contributed by atoms with Gasteiger partial charge >= 0.3 is 5.97 Å². The monoisotopic (exact) mass is 359 g/mol. The lowest BCUT2D eigenvalue weighted by Gasteiger charge is -2.27. The molecule has 1 N–H and O–H groups in total. The second kappa shape index (κ2) is 7.43. The summed E-state index contributed by atoms with van der Waals surface area (Å²) in [6, 6.07) is 5.47. The zero-order valence-electron chi connectivity index (χ0n) is 11.5. The number of rotatable bonds is 4. The van der Waals surface area contributed by atoms with Crippen LogP contribution in [0.4, 0.5) is 0 Å². The Morgan fingerprint density at radius 2 is 2.10 bits per heavy atom. The van der Waals surface area contributed by atoms with Crippen molar-refractivity contribution in [2.75, 3.05) is 7.11 Å². The van der Waals surface area contributed by atoms with Gasteiger partial charge < -0.3 is 4.74 Å². The molecule has 0 saturated heterocycles. The zero-order chi connectivity index (χ0) is 14.5. The van der Waals surface area contributed by atoms with E-state index in [9.17, 15) is 4.79 Å². The summed E-state index contributed by atoms with van der Waals surface area (Å²) in [6.45, 7) is 0. The van der Waals surface area contributed by atoms with Crippen molar-refractivity contribution in [2.24, 2.45) is 0 Å². The Morgan fingerprint density at radius 3 is 2.70 bits per heavy atom. The Bertz CT molecular complexity index is 475. The van der Waals surface area contributed by atoms with Crippen LogP contribution in [0, 0.1) is 0 Å². The predicted octanol–water partition coefficient (Wildman–Crippen LogP) is 4.24. The molecule has 110 valence electrons. The van der Waals surface area contributed by atoms with Gasteiger partial charge in [-0.3, -0.25) is 5.32 Å². The molecule has 2 rings (SSSR count). The van der Waals surface area contributed by atoms with E-state index >= 15 is 0 Å². The van der Waals surface area contributed by atoms with Crippen LogP contribution in [0.25, 0.3) is 0 Å². The predicted molar refractivity (Wildman–Crippen MR) is 83.9 cm³/mol. The SMILES string of the molecule is COC(=O)C(NC1CCCCC1)c1ccc(Cl)c(Br)c1. The Balaban J connectivity index is 2.17. The normalized spacial score (nSPS) is 17.8. The second-order valence-corrected chi connectivity index (χ2v) is 6.39. The topological polar surface area (TPSA) is 38.3 Å². The minimum Gasteiger partial charge on any atom is -0.468 e. The highest BCUT2D eigenvalue weighted by molar-refractivity contribution is 9.10. The standard InChI is InChI=1S/C15H19BrClNO2/c1-20-15(19)14(18-11-5-3-2-4-6-11)10-7-8-13(17)12(16)9-10/h7-9,11,14,18H,2-6H2,1H3. The molecule has 0 bridgehead atoms. The molecule has 0 aliphatic heterocycles. The van der Waals surface area contributed by atoms with Gasteiger partial charge in [-0.1, -0.05) is 36.9 Å². The lowest BCUT2D eigenvalue weighted by atomic mass is 9.94. The van der Waals surface area contributed by atoms with Gasteiger partial charge in [-0.25, -0.2) is 4.79 Å². The molecule has 1 aliphatic rings. The van der Waals surface area contributed by atoms with Gasteiger partial charge in [-0.2, -0.15) is 0 Å². The molecule has 0 radical (unpaired) electrons. The fraction of sp³-hybridized carbons (Fsp3) is 0.533. The number of halogens is 2. The number of carbonyl (C=O) groups excluding carboxylic acids is 1. The summed E-state index contributed by atoms with van der Waals surface area (Å²) in [5, 5.41) is 4.07. The molecular weight excluding hydrogens is 342 g/mol. The van der Waals surface area contributed by atoms with Crippen LogP contribution in [0.5, 0.6) is 0 Å². The average molecular weight is 361 g/mol. The van der Waals surface area contributed by atoms with Gasteiger partial charge in [0.15, 0.2) is 0 Å². The van der Waals surface area contributed by atoms with Crippen LogP contribution in [-0.2, 0) is 9.53 Å². The smallest absolute Gasteiger partial charge is 0.327 e. The fourth-order valence-electron chi connectivity index (χ4n) is 2.62. The zero-order valence-corrected chi connectivity index (χ0v) is 13.8. The minimum absolute atomic E-state index is 0.259. The van der Waals surface area contributed by atoms with Gasteiger partial charge in [-0.05, 0) is 46.5 Å². The maximum atomic E-state index is 12.0. The molecule has 3 nitrogen and oxygen atoms in total. The molecule has 0 spiro atoms. The van der Waals surface area contributed by atoms with Crippen LogP contribution in [0.2, 0.25) is 5.02 Å². The fourth-order valence-corrected chi connectivity index (χ4v) is 3.13. The van der Waals surface area contributed by atoms with E-state index in [1.807, 2.05) is 12.1 Å². The molecule has 0 heterocycles. The van der Waals surface area contributed by atoms with E-state index in [2.05, 4.69) is 21.2 Å². The van der Waals surface area contributed by atoms with Crippen molar-refractivity contribution in [3.8, 4) is 0 Å². The van der Waals surface area contributed by atoms with E-state index in [-0.39, 0.29) is 5.97 Å². The molecule has 1 fully saturated rings. The first-order valence-corrected chi connectivity index (χ1v) is 8.07. The first-order valence-electron chi connectivity index (χ1n) is 6.90. The van der Waals surface area contributed by atoms with E-state index in [0.717, 1.165) is 22.9 Å². The molecule has 0 aromatic heterocycles. The molecule has 1 saturated carbocycles. The van der Waals surface area contributed by atoms with Gasteiger partial charge in [0.05, 0.1) is 12.1 Å². The van der Waals surface area contributed by atoms with Crippen molar-refractivity contribution in [3.05, 3.63) is 33.3 Å². The summed E-state index contributed by atoms with van der Waals surface area (Å²) < 4.78 is 5.72. The molecule has 0 amide bonds. The van der Waals surface area contributed by atoms with Crippen molar-refractivity contribution >= 4 is 33.5 Å². The molecule has 1 aromatic carbocycles. The highest BCUT2D eigenvalue weighted by atomic mass is 79.9. The first-order chi connectivity index (χ1) is 9.61. The van der Waals surface area contributed by atoms with Crippen LogP contribution in [-0.4, -0.2) is 19.1 Å². The summed E-state index contributed by atoms with van der Waals surface area (Å²) in [4.78, 5) is 12.0. The summed E-state index contributed by atoms with van der Waals surface area (Å²) in [5.74, 6) is -0.259. The first kappa shape index (κ1) is 15.8. The van der Waals surface area contributed by atoms with E-state index < -0.39 is 6.04 Å². The maximum absolute atomic E-state index is 12.0. The number of hydrogen-bond acceptors (Lipinski definition) is 3. The summed E-state index contributed by atoms with van der Waals surface area (Å²) in [6.07, 6.45) is 5.95. The van der Waals surface area contributed by atoms with E-state index in [4.69, 9.17) is 16.3 Å². The Labute approximate surface area is 133 Å². The second-order valence-electron chi connectivity index (χ2n) is 5.13. The van der Waals surface area contributed by atoms with Gasteiger partial charge in [-0.15, -0.1) is 0 Å². The van der Waals surface area contributed by atoms with Gasteiger partial charge in [0.1, 0.15) is 6.04 Å². The van der Waals surface area contributed by atoms with Crippen LogP contribution in [0.15, 0.2) is 22.7 Å². The van der Waals surface area contributed by atoms with Crippen molar-refractivity contribution in [1.82, 2.24) is 5.32 Å². The lowest BCUT2D eigenvalue weighted by molar-refractivity contribution is -0.143. The molecular formula is C15H19BrClNO2. The van der Waals surface area contributed by atoms with Crippen LogP contribution in [0.3, 0.4) is 0 Å². The lowest BCUT2D eigenvalue weighted by Crippen LogP contribution is -2.38. The van der Waals surface area contributed by atoms with Gasteiger partial charge in [0, 0.05) is 10.5 Å². The van der Waals surface area contributed by atoms with Crippen LogP contribution < -0.4 is 5.32 Å². The maximum Gasteiger partial charge on any atom is 0.327 e. The van der Waals surface area contributed by atoms with Gasteiger partial charge in [0.2, 0.25) is 0 Å². The third-order valence-electron chi connectivity index (χ3n) is 3.72. The number of esters is 1. The third kappa shape index (κ3) is 3.96. The van der Waals surface area contributed by atoms with E-state index in [1.54, 1.807) is 6.07 Å². The van der Waals surface area contributed by atoms with Crippen LogP contribution in [0.1, 0.15) is 43.7 Å². The molecule has 20 heavy (non-hydrogen) atoms. The Hall–Kier alpha value is -0.580. The molecule has 5 heteroatoms. The number of carbonyl (C=O) groups is 1. The summed E-state index contributed by atoms with van der Waals surface area (Å²) in [5.41, 5.74) is 0.874. The molecule has 1 aromatic rings. The average Bonchev–Trinajstić information content (AvgIpc) is 2.48. The third-order valence-corrected chi connectivity index (χ3v) is 4.94. The number of hydrogen-bond donors (Lipinski definition) is 1. The number of methoxy groups -OCH3 is 1. The minimum atomic E-state index is -0.434. The molecule has 1 atom stereocenters. The van der Waals surface area contributed by atoms with Crippen LogP contribution >= 0.6 is 27.5 Å². The van der Waals surface area contributed by atoms with Crippen molar-refractivity contribution in [3.63, 3.8) is 0 Å². The van der Waals surface area contributed by atoms with E-state index in [1.165, 1.54) is 26.4 Å². The Kier molecular flexibility index (Phi) is 5.87. The van der Waals surface area contributed by atoms with Crippen molar-refractivity contribution in [1.29, 1.82) is 0 Å². The molecule has 1 unspecified atom stereocenters. The van der Waals surface area contributed by atoms with Gasteiger partial charge in [0.25, 0.3) is 0 Å². The highest BCUT2D eigenvalue weighted by Crippen LogP contribution is 2.28. The Morgan fingerprint density at radius 1 is 1.40 bits per heavy atom. The summed E-state index contributed by atoms with van der Waals surface area (Å²) in [7, 11) is 1.42. The highest BCUT2D eigenvalue weighted by Gasteiger charge is 2.26. The number of nitrogens with one attached hydrogen (secondary N) is 1. The molecule has 1 aliphatic carbocycles. The van der Waals surface area contributed by atoms with Crippen molar-refractivity contribution in [2.45, 2.75) is 44.2 Å². The largest absolute Gasteiger partial charge is 0.468 e. The quantitative estimate of drug-likeness (QED) is 0.816. The summed E-state index contributed by atoms with van der Waals surface area (Å²) >= 11 is 9.41.